The van der Waals surface area contributed by atoms with Gasteiger partial charge in [-0.25, -0.2) is 0 Å². The van der Waals surface area contributed by atoms with Gasteiger partial charge in [-0.05, 0) is 44.1 Å². The van der Waals surface area contributed by atoms with Gasteiger partial charge in [0.15, 0.2) is 0 Å². The zero-order valence-electron chi connectivity index (χ0n) is 10.7. The number of hydrogen-bond acceptors (Lipinski definition) is 2. The van der Waals surface area contributed by atoms with Crippen LogP contribution >= 0.6 is 11.8 Å². The summed E-state index contributed by atoms with van der Waals surface area (Å²) in [4.78, 5) is 14.7. The van der Waals surface area contributed by atoms with Gasteiger partial charge in [-0.2, -0.15) is 11.8 Å². The van der Waals surface area contributed by atoms with Crippen molar-refractivity contribution in [2.45, 2.75) is 43.0 Å². The van der Waals surface area contributed by atoms with E-state index in [0.717, 1.165) is 10.8 Å². The summed E-state index contributed by atoms with van der Waals surface area (Å²) in [6.07, 6.45) is 6.94. The minimum Gasteiger partial charge on any atom is -0.333 e. The van der Waals surface area contributed by atoms with E-state index in [1.54, 1.807) is 0 Å². The Morgan fingerprint density at radius 1 is 1.17 bits per heavy atom. The summed E-state index contributed by atoms with van der Waals surface area (Å²) in [5.74, 6) is 0.239. The third-order valence-electron chi connectivity index (χ3n) is 4.28. The number of nitrogens with zero attached hydrogens (tertiary/aromatic N) is 1. The van der Waals surface area contributed by atoms with Crippen molar-refractivity contribution < 1.29 is 4.79 Å². The number of rotatable bonds is 2. The number of hydrogen-bond donors (Lipinski definition) is 0. The third kappa shape index (κ3) is 2.05. The Morgan fingerprint density at radius 2 is 1.78 bits per heavy atom. The fourth-order valence-electron chi connectivity index (χ4n) is 3.38. The Bertz CT molecular complexity index is 419. The first-order valence-corrected chi connectivity index (χ1v) is 7.99. The fourth-order valence-corrected chi connectivity index (χ4v) is 4.21. The van der Waals surface area contributed by atoms with Crippen LogP contribution in [0.2, 0.25) is 0 Å². The number of thioether (sulfide) groups is 1. The van der Waals surface area contributed by atoms with Crippen LogP contribution in [0.1, 0.15) is 36.0 Å². The Morgan fingerprint density at radius 3 is 2.33 bits per heavy atom. The van der Waals surface area contributed by atoms with E-state index in [0.29, 0.717) is 12.1 Å². The van der Waals surface area contributed by atoms with Crippen LogP contribution in [0.3, 0.4) is 0 Å². The van der Waals surface area contributed by atoms with Crippen molar-refractivity contribution in [3.8, 4) is 0 Å². The first kappa shape index (κ1) is 12.1. The topological polar surface area (TPSA) is 20.3 Å². The Balaban J connectivity index is 1.80. The SMILES string of the molecule is CSC1C[C@H]2CC[C@@H](C1)N2C(=O)c1ccccc1. The minimum atomic E-state index is 0.239. The van der Waals surface area contributed by atoms with Crippen molar-refractivity contribution in [3.63, 3.8) is 0 Å². The lowest BCUT2D eigenvalue weighted by Crippen LogP contribution is -2.47. The average molecular weight is 261 g/mol. The van der Waals surface area contributed by atoms with Gasteiger partial charge >= 0.3 is 0 Å². The molecule has 0 spiro atoms. The van der Waals surface area contributed by atoms with Crippen molar-refractivity contribution in [2.75, 3.05) is 6.26 Å². The van der Waals surface area contributed by atoms with Gasteiger partial charge in [0.25, 0.3) is 5.91 Å². The highest BCUT2D eigenvalue weighted by atomic mass is 32.2. The molecule has 1 aromatic carbocycles. The monoisotopic (exact) mass is 261 g/mol. The van der Waals surface area contributed by atoms with Gasteiger partial charge in [0.2, 0.25) is 0 Å². The summed E-state index contributed by atoms with van der Waals surface area (Å²) in [6.45, 7) is 0. The Kier molecular flexibility index (Phi) is 3.33. The molecule has 2 aliphatic heterocycles. The molecule has 0 N–H and O–H groups in total. The number of piperidine rings is 1. The quantitative estimate of drug-likeness (QED) is 0.815. The molecule has 1 unspecified atom stereocenters. The molecule has 3 rings (SSSR count). The van der Waals surface area contributed by atoms with E-state index in [-0.39, 0.29) is 5.91 Å². The summed E-state index contributed by atoms with van der Waals surface area (Å²) in [5, 5.41) is 0.752. The first-order chi connectivity index (χ1) is 8.79. The first-order valence-electron chi connectivity index (χ1n) is 6.70. The molecule has 1 aromatic rings. The van der Waals surface area contributed by atoms with Crippen LogP contribution in [-0.4, -0.2) is 34.4 Å². The van der Waals surface area contributed by atoms with Gasteiger partial charge in [-0.1, -0.05) is 18.2 Å². The number of amides is 1. The summed E-state index contributed by atoms with van der Waals surface area (Å²) < 4.78 is 0. The predicted molar refractivity (Wildman–Crippen MR) is 76.0 cm³/mol. The summed E-state index contributed by atoms with van der Waals surface area (Å²) in [7, 11) is 0. The van der Waals surface area contributed by atoms with Crippen LogP contribution in [0.5, 0.6) is 0 Å². The van der Waals surface area contributed by atoms with E-state index in [9.17, 15) is 4.79 Å². The Hall–Kier alpha value is -0.960. The van der Waals surface area contributed by atoms with Crippen LogP contribution in [0.25, 0.3) is 0 Å². The van der Waals surface area contributed by atoms with E-state index in [1.807, 2.05) is 42.1 Å². The van der Waals surface area contributed by atoms with Crippen LogP contribution < -0.4 is 0 Å². The molecule has 2 fully saturated rings. The molecule has 1 amide bonds. The maximum atomic E-state index is 12.6. The summed E-state index contributed by atoms with van der Waals surface area (Å²) in [6, 6.07) is 10.7. The molecule has 3 heteroatoms. The molecule has 96 valence electrons. The molecule has 2 aliphatic rings. The highest BCUT2D eigenvalue weighted by Gasteiger charge is 2.42. The van der Waals surface area contributed by atoms with Crippen LogP contribution in [-0.2, 0) is 0 Å². The molecule has 18 heavy (non-hydrogen) atoms. The highest BCUT2D eigenvalue weighted by molar-refractivity contribution is 7.99. The molecule has 2 heterocycles. The van der Waals surface area contributed by atoms with Crippen LogP contribution in [0.15, 0.2) is 30.3 Å². The van der Waals surface area contributed by atoms with Crippen molar-refractivity contribution >= 4 is 17.7 Å². The number of carbonyl (C=O) groups excluding carboxylic acids is 1. The van der Waals surface area contributed by atoms with Gasteiger partial charge < -0.3 is 4.90 Å². The van der Waals surface area contributed by atoms with Gasteiger partial charge in [0.05, 0.1) is 0 Å². The molecule has 0 radical (unpaired) electrons. The van der Waals surface area contributed by atoms with Crippen LogP contribution in [0, 0.1) is 0 Å². The largest absolute Gasteiger partial charge is 0.333 e. The van der Waals surface area contributed by atoms with Crippen LogP contribution in [0.4, 0.5) is 0 Å². The third-order valence-corrected chi connectivity index (χ3v) is 5.33. The van der Waals surface area contributed by atoms with Crippen molar-refractivity contribution in [1.82, 2.24) is 4.90 Å². The van der Waals surface area contributed by atoms with Crippen molar-refractivity contribution in [2.24, 2.45) is 0 Å². The summed E-state index contributed by atoms with van der Waals surface area (Å²) in [5.41, 5.74) is 0.844. The molecule has 0 saturated carbocycles. The zero-order chi connectivity index (χ0) is 12.5. The second kappa shape index (κ2) is 4.96. The smallest absolute Gasteiger partial charge is 0.254 e. The molecule has 2 saturated heterocycles. The van der Waals surface area contributed by atoms with E-state index >= 15 is 0 Å². The Labute approximate surface area is 113 Å². The molecule has 3 atom stereocenters. The maximum Gasteiger partial charge on any atom is 0.254 e. The van der Waals surface area contributed by atoms with Gasteiger partial charge in [-0.15, -0.1) is 0 Å². The predicted octanol–water partition coefficient (Wildman–Crippen LogP) is 3.19. The molecule has 0 aromatic heterocycles. The van der Waals surface area contributed by atoms with Crippen molar-refractivity contribution in [1.29, 1.82) is 0 Å². The second-order valence-corrected chi connectivity index (χ2v) is 6.43. The normalized spacial score (nSPS) is 30.5. The standard InChI is InChI=1S/C15H19NOS/c1-18-14-9-12-7-8-13(10-14)16(12)15(17)11-5-3-2-4-6-11/h2-6,12-14H,7-10H2,1H3/t12-,13+,14?. The second-order valence-electron chi connectivity index (χ2n) is 5.29. The lowest BCUT2D eigenvalue weighted by atomic mass is 10.0. The molecule has 2 nitrogen and oxygen atoms in total. The number of fused-ring (bicyclic) bond motifs is 2. The lowest BCUT2D eigenvalue weighted by Gasteiger charge is -2.38. The molecular formula is C15H19NOS. The zero-order valence-corrected chi connectivity index (χ0v) is 11.5. The maximum absolute atomic E-state index is 12.6. The van der Waals surface area contributed by atoms with E-state index in [4.69, 9.17) is 0 Å². The number of carbonyl (C=O) groups is 1. The lowest BCUT2D eigenvalue weighted by molar-refractivity contribution is 0.0601. The van der Waals surface area contributed by atoms with Gasteiger partial charge in [-0.3, -0.25) is 4.79 Å². The molecular weight excluding hydrogens is 242 g/mol. The average Bonchev–Trinajstić information content (AvgIpc) is 2.69. The van der Waals surface area contributed by atoms with E-state index in [2.05, 4.69) is 11.2 Å². The minimum absolute atomic E-state index is 0.239. The van der Waals surface area contributed by atoms with Crippen molar-refractivity contribution in [3.05, 3.63) is 35.9 Å². The summed E-state index contributed by atoms with van der Waals surface area (Å²) >= 11 is 1.96. The van der Waals surface area contributed by atoms with Gasteiger partial charge in [0, 0.05) is 22.9 Å². The van der Waals surface area contributed by atoms with E-state index < -0.39 is 0 Å². The molecule has 2 bridgehead atoms. The van der Waals surface area contributed by atoms with Gasteiger partial charge in [0.1, 0.15) is 0 Å². The highest BCUT2D eigenvalue weighted by Crippen LogP contribution is 2.40. The number of benzene rings is 1. The van der Waals surface area contributed by atoms with E-state index in [1.165, 1.54) is 25.7 Å². The fraction of sp³-hybridized carbons (Fsp3) is 0.533. The molecule has 0 aliphatic carbocycles.